The van der Waals surface area contributed by atoms with E-state index in [1.54, 1.807) is 0 Å². The van der Waals surface area contributed by atoms with E-state index in [2.05, 4.69) is 5.10 Å². The third-order valence-electron chi connectivity index (χ3n) is 4.14. The number of aryl methyl sites for hydroxylation is 2. The molecule has 2 heterocycles. The molecule has 0 saturated carbocycles. The van der Waals surface area contributed by atoms with E-state index in [0.29, 0.717) is 24.4 Å². The molecule has 2 N–H and O–H groups in total. The van der Waals surface area contributed by atoms with Gasteiger partial charge in [-0.3, -0.25) is 4.68 Å². The van der Waals surface area contributed by atoms with Crippen molar-refractivity contribution in [1.82, 2.24) is 9.78 Å². The van der Waals surface area contributed by atoms with Crippen LogP contribution in [0.15, 0.2) is 0 Å². The Morgan fingerprint density at radius 1 is 1.45 bits per heavy atom. The molecule has 0 radical (unpaired) electrons. The Labute approximate surface area is 125 Å². The molecule has 0 aromatic carbocycles. The van der Waals surface area contributed by atoms with Gasteiger partial charge in [-0.15, -0.1) is 0 Å². The molecule has 1 aliphatic heterocycles. The number of rotatable bonds is 5. The summed E-state index contributed by atoms with van der Waals surface area (Å²) < 4.78 is 25.4. The number of nitrogens with zero attached hydrogens (tertiary/aromatic N) is 2. The minimum Gasteiger partial charge on any atom is -0.330 e. The molecule has 20 heavy (non-hydrogen) atoms. The monoisotopic (exact) mass is 319 g/mol. The fraction of sp³-hybridized carbons (Fsp3) is 0.769. The highest BCUT2D eigenvalue weighted by Crippen LogP contribution is 2.37. The molecule has 114 valence electrons. The van der Waals surface area contributed by atoms with Crippen molar-refractivity contribution >= 4 is 21.4 Å². The second kappa shape index (κ2) is 5.66. The van der Waals surface area contributed by atoms with E-state index in [0.717, 1.165) is 24.4 Å². The molecule has 0 amide bonds. The molecule has 0 aliphatic carbocycles. The van der Waals surface area contributed by atoms with Gasteiger partial charge in [-0.05, 0) is 32.7 Å². The molecule has 0 bridgehead atoms. The highest BCUT2D eigenvalue weighted by molar-refractivity contribution is 7.91. The standard InChI is InChI=1S/C13H22ClN3O2S/c1-3-10-12(14)11(17(4-2)16-10)7-13(8-15)5-6-20(18,19)9-13/h3-9,15H2,1-2H3. The molecule has 0 spiro atoms. The van der Waals surface area contributed by atoms with Crippen LogP contribution < -0.4 is 5.73 Å². The Hall–Kier alpha value is -0.590. The van der Waals surface area contributed by atoms with E-state index in [9.17, 15) is 8.42 Å². The van der Waals surface area contributed by atoms with Crippen LogP contribution in [-0.2, 0) is 29.2 Å². The predicted octanol–water partition coefficient (Wildman–Crippen LogP) is 1.42. The van der Waals surface area contributed by atoms with E-state index in [-0.39, 0.29) is 16.9 Å². The maximum absolute atomic E-state index is 11.8. The predicted molar refractivity (Wildman–Crippen MR) is 80.8 cm³/mol. The van der Waals surface area contributed by atoms with E-state index in [4.69, 9.17) is 17.3 Å². The molecule has 1 aromatic heterocycles. The van der Waals surface area contributed by atoms with Crippen molar-refractivity contribution in [3.63, 3.8) is 0 Å². The number of hydrogen-bond donors (Lipinski definition) is 1. The number of halogens is 1. The van der Waals surface area contributed by atoms with E-state index in [1.807, 2.05) is 18.5 Å². The van der Waals surface area contributed by atoms with Gasteiger partial charge in [0.15, 0.2) is 9.84 Å². The Morgan fingerprint density at radius 3 is 2.60 bits per heavy atom. The van der Waals surface area contributed by atoms with Gasteiger partial charge in [0.2, 0.25) is 0 Å². The molecular formula is C13H22ClN3O2S. The van der Waals surface area contributed by atoms with Crippen LogP contribution >= 0.6 is 11.6 Å². The molecule has 1 aliphatic rings. The number of nitrogens with two attached hydrogens (primary N) is 1. The van der Waals surface area contributed by atoms with Crippen molar-refractivity contribution in [3.05, 3.63) is 16.4 Å². The highest BCUT2D eigenvalue weighted by Gasteiger charge is 2.42. The molecule has 2 rings (SSSR count). The van der Waals surface area contributed by atoms with Crippen molar-refractivity contribution < 1.29 is 8.42 Å². The van der Waals surface area contributed by atoms with E-state index < -0.39 is 9.84 Å². The maximum Gasteiger partial charge on any atom is 0.150 e. The van der Waals surface area contributed by atoms with Crippen molar-refractivity contribution in [1.29, 1.82) is 0 Å². The lowest BCUT2D eigenvalue weighted by Crippen LogP contribution is -2.35. The number of aromatic nitrogens is 2. The average Bonchev–Trinajstić information content (AvgIpc) is 2.89. The molecule has 1 saturated heterocycles. The Bertz CT molecular complexity index is 597. The SMILES string of the molecule is CCc1nn(CC)c(CC2(CN)CCS(=O)(=O)C2)c1Cl. The summed E-state index contributed by atoms with van der Waals surface area (Å²) in [6.07, 6.45) is 1.97. The van der Waals surface area contributed by atoms with Crippen molar-refractivity contribution in [2.24, 2.45) is 11.1 Å². The quantitative estimate of drug-likeness (QED) is 0.890. The van der Waals surface area contributed by atoms with Crippen molar-refractivity contribution in [3.8, 4) is 0 Å². The largest absolute Gasteiger partial charge is 0.330 e. The van der Waals surface area contributed by atoms with E-state index >= 15 is 0 Å². The van der Waals surface area contributed by atoms with Crippen LogP contribution in [0.1, 0.15) is 31.7 Å². The lowest BCUT2D eigenvalue weighted by Gasteiger charge is -2.26. The molecule has 1 unspecified atom stereocenters. The van der Waals surface area contributed by atoms with Gasteiger partial charge in [-0.25, -0.2) is 8.42 Å². The number of sulfone groups is 1. The first-order chi connectivity index (χ1) is 9.36. The second-order valence-corrected chi connectivity index (χ2v) is 8.16. The van der Waals surface area contributed by atoms with Gasteiger partial charge < -0.3 is 5.73 Å². The van der Waals surface area contributed by atoms with Gasteiger partial charge in [-0.1, -0.05) is 18.5 Å². The summed E-state index contributed by atoms with van der Waals surface area (Å²) in [5.74, 6) is 0.381. The minimum atomic E-state index is -2.97. The lowest BCUT2D eigenvalue weighted by atomic mass is 9.82. The molecule has 1 atom stereocenters. The Balaban J connectivity index is 2.36. The van der Waals surface area contributed by atoms with Crippen LogP contribution in [0.5, 0.6) is 0 Å². The lowest BCUT2D eigenvalue weighted by molar-refractivity contribution is 0.333. The van der Waals surface area contributed by atoms with Crippen molar-refractivity contribution in [2.75, 3.05) is 18.1 Å². The zero-order valence-electron chi connectivity index (χ0n) is 12.0. The van der Waals surface area contributed by atoms with Gasteiger partial charge in [0.25, 0.3) is 0 Å². The second-order valence-electron chi connectivity index (χ2n) is 5.60. The third-order valence-corrected chi connectivity index (χ3v) is 6.45. The van der Waals surface area contributed by atoms with Gasteiger partial charge in [0, 0.05) is 12.0 Å². The van der Waals surface area contributed by atoms with Crippen LogP contribution in [0.25, 0.3) is 0 Å². The normalized spacial score (nSPS) is 25.2. The molecule has 5 nitrogen and oxygen atoms in total. The van der Waals surface area contributed by atoms with Gasteiger partial charge in [-0.2, -0.15) is 5.10 Å². The number of hydrogen-bond acceptors (Lipinski definition) is 4. The summed E-state index contributed by atoms with van der Waals surface area (Å²) in [5.41, 5.74) is 7.29. The Morgan fingerprint density at radius 2 is 2.15 bits per heavy atom. The molecule has 1 fully saturated rings. The highest BCUT2D eigenvalue weighted by atomic mass is 35.5. The zero-order chi connectivity index (χ0) is 15.0. The summed E-state index contributed by atoms with van der Waals surface area (Å²) in [6, 6.07) is 0. The first kappa shape index (κ1) is 15.8. The van der Waals surface area contributed by atoms with Crippen LogP contribution in [0.2, 0.25) is 5.02 Å². The van der Waals surface area contributed by atoms with Gasteiger partial charge >= 0.3 is 0 Å². The molecule has 1 aromatic rings. The van der Waals surface area contributed by atoms with Crippen LogP contribution in [0.3, 0.4) is 0 Å². The minimum absolute atomic E-state index is 0.156. The third kappa shape index (κ3) is 2.87. The van der Waals surface area contributed by atoms with Crippen LogP contribution in [0, 0.1) is 5.41 Å². The molecule has 7 heteroatoms. The van der Waals surface area contributed by atoms with E-state index in [1.165, 1.54) is 0 Å². The summed E-state index contributed by atoms with van der Waals surface area (Å²) >= 11 is 6.40. The topological polar surface area (TPSA) is 78.0 Å². The summed E-state index contributed by atoms with van der Waals surface area (Å²) in [6.45, 7) is 5.10. The van der Waals surface area contributed by atoms with Crippen LogP contribution in [-0.4, -0.2) is 36.2 Å². The first-order valence-corrected chi connectivity index (χ1v) is 9.21. The fourth-order valence-electron chi connectivity index (χ4n) is 2.90. The molecular weight excluding hydrogens is 298 g/mol. The smallest absolute Gasteiger partial charge is 0.150 e. The average molecular weight is 320 g/mol. The summed E-state index contributed by atoms with van der Waals surface area (Å²) in [4.78, 5) is 0. The fourth-order valence-corrected chi connectivity index (χ4v) is 5.42. The van der Waals surface area contributed by atoms with Gasteiger partial charge in [0.05, 0.1) is 27.9 Å². The summed E-state index contributed by atoms with van der Waals surface area (Å²) in [5, 5.41) is 5.16. The zero-order valence-corrected chi connectivity index (χ0v) is 13.6. The van der Waals surface area contributed by atoms with Crippen molar-refractivity contribution in [2.45, 2.75) is 39.7 Å². The Kier molecular flexibility index (Phi) is 4.47. The maximum atomic E-state index is 11.8. The van der Waals surface area contributed by atoms with Gasteiger partial charge in [0.1, 0.15) is 0 Å². The summed E-state index contributed by atoms with van der Waals surface area (Å²) in [7, 11) is -2.97. The van der Waals surface area contributed by atoms with Crippen LogP contribution in [0.4, 0.5) is 0 Å². The first-order valence-electron chi connectivity index (χ1n) is 7.01.